The number of ether oxygens (including phenoxy) is 1. The molecule has 2 unspecified atom stereocenters. The van der Waals surface area contributed by atoms with E-state index in [-0.39, 0.29) is 0 Å². The minimum atomic E-state index is 0.375. The van der Waals surface area contributed by atoms with E-state index in [1.54, 1.807) is 0 Å². The van der Waals surface area contributed by atoms with Crippen LogP contribution in [0.15, 0.2) is 16.7 Å². The smallest absolute Gasteiger partial charge is 0.173 e. The van der Waals surface area contributed by atoms with Gasteiger partial charge in [0.15, 0.2) is 5.58 Å². The largest absolute Gasteiger partial charge is 0.493 e. The van der Waals surface area contributed by atoms with Gasteiger partial charge in [0.2, 0.25) is 0 Å². The average Bonchev–Trinajstić information content (AvgIpc) is 3.72. The molecule has 2 atom stereocenters. The Hall–Kier alpha value is -1.63. The maximum absolute atomic E-state index is 9.23. The molecule has 2 saturated carbocycles. The molecule has 2 aliphatic carbocycles. The van der Waals surface area contributed by atoms with Crippen LogP contribution < -0.4 is 10.1 Å². The average molecular weight is 444 g/mol. The molecule has 0 bridgehead atoms. The molecular weight excluding hydrogens is 402 g/mol. The fraction of sp³-hybridized carbons (Fsp3) is 0.731. The molecule has 5 rings (SSSR count). The lowest BCUT2D eigenvalue weighted by molar-refractivity contribution is 0.166. The summed E-state index contributed by atoms with van der Waals surface area (Å²) in [5.41, 5.74) is 3.07. The normalized spacial score (nSPS) is 23.8. The van der Waals surface area contributed by atoms with Crippen LogP contribution in [0.5, 0.6) is 5.75 Å². The minimum absolute atomic E-state index is 0.375. The third kappa shape index (κ3) is 6.03. The number of fused-ring (bicyclic) bond motifs is 1. The number of nitrogens with one attached hydrogen (secondary N) is 1. The van der Waals surface area contributed by atoms with Crippen molar-refractivity contribution in [3.63, 3.8) is 0 Å². The van der Waals surface area contributed by atoms with Crippen molar-refractivity contribution in [1.29, 1.82) is 0 Å². The van der Waals surface area contributed by atoms with Crippen LogP contribution in [0.3, 0.4) is 0 Å². The molecule has 32 heavy (non-hydrogen) atoms. The summed E-state index contributed by atoms with van der Waals surface area (Å²) in [6.07, 6.45) is 8.58. The molecule has 2 aromatic rings. The zero-order valence-corrected chi connectivity index (χ0v) is 20.1. The second-order valence-corrected chi connectivity index (χ2v) is 10.2. The summed E-state index contributed by atoms with van der Waals surface area (Å²) in [5.74, 6) is 3.81. The fourth-order valence-electron chi connectivity index (χ4n) is 4.88. The predicted octanol–water partition coefficient (Wildman–Crippen LogP) is 4.03. The van der Waals surface area contributed by atoms with E-state index < -0.39 is 0 Å². The minimum Gasteiger partial charge on any atom is -0.493 e. The lowest BCUT2D eigenvalue weighted by Crippen LogP contribution is -2.35. The van der Waals surface area contributed by atoms with E-state index >= 15 is 0 Å². The van der Waals surface area contributed by atoms with Crippen LogP contribution in [-0.2, 0) is 6.42 Å². The molecule has 6 nitrogen and oxygen atoms in total. The van der Waals surface area contributed by atoms with Gasteiger partial charge in [-0.25, -0.2) is 0 Å². The van der Waals surface area contributed by atoms with E-state index in [0.717, 1.165) is 58.8 Å². The van der Waals surface area contributed by atoms with Crippen LogP contribution >= 0.6 is 0 Å². The molecule has 3 aliphatic rings. The number of aryl methyl sites for hydroxylation is 2. The Balaban J connectivity index is 0.000000775. The Morgan fingerprint density at radius 2 is 1.88 bits per heavy atom. The quantitative estimate of drug-likeness (QED) is 0.610. The van der Waals surface area contributed by atoms with Crippen LogP contribution in [0.2, 0.25) is 0 Å². The predicted molar refractivity (Wildman–Crippen MR) is 128 cm³/mol. The molecule has 1 aromatic carbocycles. The number of aliphatic hydroxyl groups excluding tert-OH is 1. The number of aromatic nitrogens is 1. The molecule has 0 amide bonds. The molecule has 1 aliphatic heterocycles. The first-order valence-corrected chi connectivity index (χ1v) is 12.5. The Labute approximate surface area is 192 Å². The van der Waals surface area contributed by atoms with Gasteiger partial charge in [0.25, 0.3) is 0 Å². The van der Waals surface area contributed by atoms with Crippen LogP contribution in [0.4, 0.5) is 0 Å². The van der Waals surface area contributed by atoms with E-state index in [4.69, 9.17) is 9.26 Å². The van der Waals surface area contributed by atoms with Gasteiger partial charge in [0.05, 0.1) is 12.3 Å². The molecular formula is C26H41N3O3. The van der Waals surface area contributed by atoms with Gasteiger partial charge in [-0.1, -0.05) is 5.16 Å². The lowest BCUT2D eigenvalue weighted by atomic mass is 9.91. The fourth-order valence-corrected chi connectivity index (χ4v) is 4.88. The summed E-state index contributed by atoms with van der Waals surface area (Å²) in [4.78, 5) is 2.61. The summed E-state index contributed by atoms with van der Waals surface area (Å²) in [6, 6.07) is 4.23. The first-order chi connectivity index (χ1) is 15.6. The van der Waals surface area contributed by atoms with Gasteiger partial charge in [0.1, 0.15) is 5.75 Å². The van der Waals surface area contributed by atoms with E-state index in [1.807, 2.05) is 14.1 Å². The monoisotopic (exact) mass is 443 g/mol. The molecule has 6 heteroatoms. The number of aliphatic hydroxyl groups is 1. The van der Waals surface area contributed by atoms with E-state index in [0.29, 0.717) is 12.5 Å². The number of rotatable bonds is 9. The maximum Gasteiger partial charge on any atom is 0.173 e. The highest BCUT2D eigenvalue weighted by molar-refractivity contribution is 5.84. The van der Waals surface area contributed by atoms with Crippen LogP contribution in [0, 0.1) is 30.6 Å². The molecule has 2 heterocycles. The lowest BCUT2D eigenvalue weighted by Gasteiger charge is -2.32. The number of piperidine rings is 1. The second kappa shape index (κ2) is 11.0. The highest BCUT2D eigenvalue weighted by Crippen LogP contribution is 2.39. The Morgan fingerprint density at radius 1 is 1.12 bits per heavy atom. The van der Waals surface area contributed by atoms with Crippen molar-refractivity contribution in [1.82, 2.24) is 15.4 Å². The van der Waals surface area contributed by atoms with Crippen molar-refractivity contribution in [2.45, 2.75) is 51.9 Å². The van der Waals surface area contributed by atoms with Crippen LogP contribution in [0.1, 0.15) is 49.8 Å². The zero-order valence-electron chi connectivity index (χ0n) is 20.1. The van der Waals surface area contributed by atoms with E-state index in [2.05, 4.69) is 34.4 Å². The number of likely N-dealkylation sites (tertiary alicyclic amines) is 1. The molecule has 2 N–H and O–H groups in total. The van der Waals surface area contributed by atoms with E-state index in [1.165, 1.54) is 58.2 Å². The first-order valence-electron chi connectivity index (χ1n) is 12.5. The summed E-state index contributed by atoms with van der Waals surface area (Å²) >= 11 is 0. The maximum atomic E-state index is 9.23. The molecule has 0 spiro atoms. The molecule has 3 fully saturated rings. The van der Waals surface area contributed by atoms with Gasteiger partial charge in [0, 0.05) is 24.1 Å². The van der Waals surface area contributed by atoms with Crippen LogP contribution in [0.25, 0.3) is 11.0 Å². The summed E-state index contributed by atoms with van der Waals surface area (Å²) in [6.45, 7) is 6.89. The van der Waals surface area contributed by atoms with Gasteiger partial charge < -0.3 is 24.6 Å². The van der Waals surface area contributed by atoms with Crippen molar-refractivity contribution < 1.29 is 14.4 Å². The van der Waals surface area contributed by atoms with Gasteiger partial charge in [-0.2, -0.15) is 0 Å². The molecule has 1 aromatic heterocycles. The first kappa shape index (κ1) is 23.5. The van der Waals surface area contributed by atoms with Gasteiger partial charge in [-0.05, 0) is 115 Å². The number of hydrogen-bond donors (Lipinski definition) is 2. The summed E-state index contributed by atoms with van der Waals surface area (Å²) in [7, 11) is 3.75. The summed E-state index contributed by atoms with van der Waals surface area (Å²) < 4.78 is 11.7. The number of nitrogens with zero attached hydrogens (tertiary/aromatic N) is 2. The van der Waals surface area contributed by atoms with Crippen LogP contribution in [-0.4, -0.2) is 62.1 Å². The van der Waals surface area contributed by atoms with Crippen molar-refractivity contribution >= 4 is 11.0 Å². The van der Waals surface area contributed by atoms with E-state index in [9.17, 15) is 5.11 Å². The Morgan fingerprint density at radius 3 is 2.53 bits per heavy atom. The topological polar surface area (TPSA) is 70.8 Å². The van der Waals surface area contributed by atoms with Gasteiger partial charge >= 0.3 is 0 Å². The Bertz CT molecular complexity index is 855. The second-order valence-electron chi connectivity index (χ2n) is 10.2. The van der Waals surface area contributed by atoms with Crippen molar-refractivity contribution in [2.24, 2.45) is 23.7 Å². The number of hydrogen-bond acceptors (Lipinski definition) is 6. The number of benzene rings is 1. The highest BCUT2D eigenvalue weighted by Gasteiger charge is 2.37. The molecule has 0 radical (unpaired) electrons. The van der Waals surface area contributed by atoms with Gasteiger partial charge in [-0.3, -0.25) is 0 Å². The zero-order chi connectivity index (χ0) is 22.5. The summed E-state index contributed by atoms with van der Waals surface area (Å²) in [5, 5.41) is 17.5. The standard InChI is InChI=1S/C24H34N2O3.C2H7N/c1-16-23(28-15-18-2-3-18)7-5-21-22(25-29-24(16)21)6-4-17-8-10-26(11-9-17)13-19-12-20(19)14-27;1-3-2/h5,7,17-20,27H,2-4,6,8-15H2,1H3;3H,1-2H3. The SMILES string of the molecule is CNC.Cc1c(OCC2CC2)ccc2c(CCC3CCN(CC4CC4CO)CC3)noc12. The van der Waals surface area contributed by atoms with Crippen molar-refractivity contribution in [2.75, 3.05) is 46.9 Å². The Kier molecular flexibility index (Phi) is 8.08. The third-order valence-corrected chi connectivity index (χ3v) is 7.38. The van der Waals surface area contributed by atoms with Crippen molar-refractivity contribution in [3.05, 3.63) is 23.4 Å². The molecule has 1 saturated heterocycles. The highest BCUT2D eigenvalue weighted by atomic mass is 16.5. The third-order valence-electron chi connectivity index (χ3n) is 7.38. The molecule has 178 valence electrons. The van der Waals surface area contributed by atoms with Crippen molar-refractivity contribution in [3.8, 4) is 5.75 Å². The van der Waals surface area contributed by atoms with Gasteiger partial charge in [-0.15, -0.1) is 0 Å².